The molecule has 0 radical (unpaired) electrons. The minimum absolute atomic E-state index is 0.0802. The molecule has 1 aromatic carbocycles. The Morgan fingerprint density at radius 2 is 2.15 bits per heavy atom. The fourth-order valence-corrected chi connectivity index (χ4v) is 2.61. The molecule has 1 aliphatic rings. The van der Waals surface area contributed by atoms with Crippen LogP contribution in [0, 0.1) is 0 Å². The van der Waals surface area contributed by atoms with Crippen molar-refractivity contribution in [3.05, 3.63) is 35.9 Å². The molecule has 20 heavy (non-hydrogen) atoms. The molecule has 1 aliphatic heterocycles. The largest absolute Gasteiger partial charge is 0.475 e. The SMILES string of the molecule is C[C@@H](NCC(=O)N1CCCC1B(O)O)c1ccccc1. The standard InChI is InChI=1S/C14H21BN2O3/c1-11(12-6-3-2-4-7-12)16-10-14(18)17-9-5-8-13(17)15(19)20/h2-4,6-7,11,13,16,19-20H,5,8-10H2,1H3/t11-,13?/m1/s1. The molecule has 108 valence electrons. The van der Waals surface area contributed by atoms with Gasteiger partial charge in [0.25, 0.3) is 0 Å². The maximum atomic E-state index is 12.1. The number of nitrogens with zero attached hydrogens (tertiary/aromatic N) is 1. The molecule has 2 atom stereocenters. The molecule has 0 aliphatic carbocycles. The number of nitrogens with one attached hydrogen (secondary N) is 1. The Kier molecular flexibility index (Phi) is 5.17. The summed E-state index contributed by atoms with van der Waals surface area (Å²) < 4.78 is 0. The van der Waals surface area contributed by atoms with Gasteiger partial charge in [0.15, 0.2) is 0 Å². The predicted molar refractivity (Wildman–Crippen MR) is 77.8 cm³/mol. The molecule has 1 unspecified atom stereocenters. The summed E-state index contributed by atoms with van der Waals surface area (Å²) in [7, 11) is -1.45. The van der Waals surface area contributed by atoms with E-state index in [1.165, 1.54) is 0 Å². The van der Waals surface area contributed by atoms with Gasteiger partial charge in [0.05, 0.1) is 12.5 Å². The maximum absolute atomic E-state index is 12.1. The lowest BCUT2D eigenvalue weighted by Crippen LogP contribution is -2.48. The van der Waals surface area contributed by atoms with Crippen molar-refractivity contribution >= 4 is 13.0 Å². The summed E-state index contributed by atoms with van der Waals surface area (Å²) in [6.45, 7) is 2.81. The van der Waals surface area contributed by atoms with Crippen molar-refractivity contribution in [3.63, 3.8) is 0 Å². The van der Waals surface area contributed by atoms with E-state index in [9.17, 15) is 14.8 Å². The van der Waals surface area contributed by atoms with Crippen LogP contribution in [0.25, 0.3) is 0 Å². The molecule has 5 nitrogen and oxygen atoms in total. The number of rotatable bonds is 5. The third kappa shape index (κ3) is 3.59. The molecular weight excluding hydrogens is 255 g/mol. The Balaban J connectivity index is 1.86. The number of amides is 1. The second-order valence-electron chi connectivity index (χ2n) is 5.22. The Morgan fingerprint density at radius 1 is 1.45 bits per heavy atom. The fraction of sp³-hybridized carbons (Fsp3) is 0.500. The zero-order chi connectivity index (χ0) is 14.5. The van der Waals surface area contributed by atoms with E-state index < -0.39 is 13.1 Å². The Hall–Kier alpha value is -1.37. The van der Waals surface area contributed by atoms with Gasteiger partial charge >= 0.3 is 7.12 Å². The van der Waals surface area contributed by atoms with Crippen LogP contribution < -0.4 is 5.32 Å². The van der Waals surface area contributed by atoms with Gasteiger partial charge in [-0.15, -0.1) is 0 Å². The third-order valence-corrected chi connectivity index (χ3v) is 3.82. The monoisotopic (exact) mass is 276 g/mol. The van der Waals surface area contributed by atoms with E-state index in [0.717, 1.165) is 12.0 Å². The summed E-state index contributed by atoms with van der Waals surface area (Å²) >= 11 is 0. The third-order valence-electron chi connectivity index (χ3n) is 3.82. The average Bonchev–Trinajstić information content (AvgIpc) is 2.95. The summed E-state index contributed by atoms with van der Waals surface area (Å²) in [4.78, 5) is 13.7. The van der Waals surface area contributed by atoms with Crippen molar-refractivity contribution in [1.82, 2.24) is 10.2 Å². The highest BCUT2D eigenvalue weighted by atomic mass is 16.4. The van der Waals surface area contributed by atoms with Crippen molar-refractivity contribution in [2.75, 3.05) is 13.1 Å². The zero-order valence-electron chi connectivity index (χ0n) is 11.7. The lowest BCUT2D eigenvalue weighted by atomic mass is 9.78. The first kappa shape index (κ1) is 15.0. The van der Waals surface area contributed by atoms with Crippen molar-refractivity contribution in [3.8, 4) is 0 Å². The Morgan fingerprint density at radius 3 is 2.80 bits per heavy atom. The van der Waals surface area contributed by atoms with Gasteiger partial charge in [-0.3, -0.25) is 4.79 Å². The van der Waals surface area contributed by atoms with Crippen molar-refractivity contribution in [1.29, 1.82) is 0 Å². The molecule has 1 heterocycles. The summed E-state index contributed by atoms with van der Waals surface area (Å²) in [5.74, 6) is -0.542. The normalized spacial score (nSPS) is 19.9. The van der Waals surface area contributed by atoms with Crippen LogP contribution in [0.3, 0.4) is 0 Å². The van der Waals surface area contributed by atoms with Crippen molar-refractivity contribution < 1.29 is 14.8 Å². The van der Waals surface area contributed by atoms with Crippen molar-refractivity contribution in [2.45, 2.75) is 31.7 Å². The first-order chi connectivity index (χ1) is 9.59. The first-order valence-corrected chi connectivity index (χ1v) is 7.03. The van der Waals surface area contributed by atoms with E-state index in [4.69, 9.17) is 0 Å². The van der Waals surface area contributed by atoms with Gasteiger partial charge in [-0.25, -0.2) is 0 Å². The number of carbonyl (C=O) groups excluding carboxylic acids is 1. The lowest BCUT2D eigenvalue weighted by Gasteiger charge is -2.25. The summed E-state index contributed by atoms with van der Waals surface area (Å²) in [5, 5.41) is 21.7. The van der Waals surface area contributed by atoms with E-state index in [2.05, 4.69) is 5.32 Å². The van der Waals surface area contributed by atoms with Crippen LogP contribution in [0.4, 0.5) is 0 Å². The number of likely N-dealkylation sites (tertiary alicyclic amines) is 1. The Labute approximate surface area is 119 Å². The topological polar surface area (TPSA) is 72.8 Å². The quantitative estimate of drug-likeness (QED) is 0.678. The van der Waals surface area contributed by atoms with Crippen LogP contribution in [-0.4, -0.2) is 47.0 Å². The van der Waals surface area contributed by atoms with Gasteiger partial charge in [-0.05, 0) is 25.3 Å². The molecule has 1 amide bonds. The molecule has 1 fully saturated rings. The van der Waals surface area contributed by atoms with Crippen LogP contribution in [-0.2, 0) is 4.79 Å². The number of carbonyl (C=O) groups is 1. The van der Waals surface area contributed by atoms with E-state index in [1.807, 2.05) is 37.3 Å². The maximum Gasteiger partial charge on any atom is 0.475 e. The number of benzene rings is 1. The summed E-state index contributed by atoms with van der Waals surface area (Å²) in [5.41, 5.74) is 1.13. The van der Waals surface area contributed by atoms with Gasteiger partial charge in [0.1, 0.15) is 0 Å². The van der Waals surface area contributed by atoms with Gasteiger partial charge in [-0.2, -0.15) is 0 Å². The van der Waals surface area contributed by atoms with Crippen LogP contribution in [0.2, 0.25) is 0 Å². The highest BCUT2D eigenvalue weighted by Gasteiger charge is 2.36. The minimum atomic E-state index is -1.45. The van der Waals surface area contributed by atoms with Crippen LogP contribution in [0.1, 0.15) is 31.4 Å². The molecule has 0 saturated carbocycles. The van der Waals surface area contributed by atoms with Crippen molar-refractivity contribution in [2.24, 2.45) is 0 Å². The molecular formula is C14H21BN2O3. The van der Waals surface area contributed by atoms with E-state index in [0.29, 0.717) is 13.0 Å². The van der Waals surface area contributed by atoms with Gasteiger partial charge in [-0.1, -0.05) is 30.3 Å². The number of hydrogen-bond donors (Lipinski definition) is 3. The predicted octanol–water partition coefficient (Wildman–Crippen LogP) is 0.340. The second-order valence-corrected chi connectivity index (χ2v) is 5.22. The molecule has 1 saturated heterocycles. The molecule has 0 bridgehead atoms. The van der Waals surface area contributed by atoms with E-state index in [-0.39, 0.29) is 18.5 Å². The van der Waals surface area contributed by atoms with Gasteiger partial charge in [0, 0.05) is 12.6 Å². The molecule has 2 rings (SSSR count). The lowest BCUT2D eigenvalue weighted by molar-refractivity contribution is -0.130. The van der Waals surface area contributed by atoms with Crippen LogP contribution in [0.15, 0.2) is 30.3 Å². The molecule has 1 aromatic rings. The van der Waals surface area contributed by atoms with Crippen LogP contribution >= 0.6 is 0 Å². The first-order valence-electron chi connectivity index (χ1n) is 7.03. The minimum Gasteiger partial charge on any atom is -0.426 e. The van der Waals surface area contributed by atoms with E-state index >= 15 is 0 Å². The highest BCUT2D eigenvalue weighted by molar-refractivity contribution is 6.43. The van der Waals surface area contributed by atoms with Gasteiger partial charge < -0.3 is 20.3 Å². The van der Waals surface area contributed by atoms with Gasteiger partial charge in [0.2, 0.25) is 5.91 Å². The fourth-order valence-electron chi connectivity index (χ4n) is 2.61. The van der Waals surface area contributed by atoms with Crippen LogP contribution in [0.5, 0.6) is 0 Å². The second kappa shape index (κ2) is 6.88. The molecule has 6 heteroatoms. The molecule has 3 N–H and O–H groups in total. The average molecular weight is 276 g/mol. The smallest absolute Gasteiger partial charge is 0.426 e. The summed E-state index contributed by atoms with van der Waals surface area (Å²) in [6.07, 6.45) is 1.47. The van der Waals surface area contributed by atoms with E-state index in [1.54, 1.807) is 4.90 Å². The zero-order valence-corrected chi connectivity index (χ0v) is 11.7. The Bertz CT molecular complexity index is 441. The highest BCUT2D eigenvalue weighted by Crippen LogP contribution is 2.18. The number of hydrogen-bond acceptors (Lipinski definition) is 4. The molecule has 0 aromatic heterocycles. The molecule has 0 spiro atoms. The summed E-state index contributed by atoms with van der Waals surface area (Å²) in [6, 6.07) is 10.00.